The van der Waals surface area contributed by atoms with Crippen LogP contribution in [0, 0.1) is 0 Å². The van der Waals surface area contributed by atoms with Gasteiger partial charge in [-0.1, -0.05) is 6.07 Å². The fourth-order valence-electron chi connectivity index (χ4n) is 2.56. The fourth-order valence-corrected chi connectivity index (χ4v) is 5.04. The monoisotopic (exact) mass is 475 g/mol. The third-order valence-electron chi connectivity index (χ3n) is 4.01. The van der Waals surface area contributed by atoms with Crippen LogP contribution in [-0.2, 0) is 10.0 Å². The number of nitrogens with one attached hydrogen (secondary N) is 2. The van der Waals surface area contributed by atoms with E-state index in [0.717, 1.165) is 21.4 Å². The highest BCUT2D eigenvalue weighted by molar-refractivity contribution is 7.92. The Hall–Kier alpha value is -3.22. The molecule has 0 atom stereocenters. The summed E-state index contributed by atoms with van der Waals surface area (Å²) in [5.74, 6) is 0.212. The van der Waals surface area contributed by atoms with Gasteiger partial charge in [-0.05, 0) is 35.7 Å². The van der Waals surface area contributed by atoms with E-state index in [4.69, 9.17) is 9.47 Å². The van der Waals surface area contributed by atoms with E-state index in [-0.39, 0.29) is 22.6 Å². The Morgan fingerprint density at radius 2 is 1.77 bits per heavy atom. The smallest absolute Gasteiger partial charge is 0.321 e. The van der Waals surface area contributed by atoms with Gasteiger partial charge in [-0.3, -0.25) is 4.72 Å². The molecule has 0 spiro atoms. The van der Waals surface area contributed by atoms with Crippen LogP contribution in [0.1, 0.15) is 0 Å². The van der Waals surface area contributed by atoms with Gasteiger partial charge < -0.3 is 14.8 Å². The number of nitrogens with zero attached hydrogens (tertiary/aromatic N) is 3. The van der Waals surface area contributed by atoms with Gasteiger partial charge in [-0.15, -0.1) is 22.7 Å². The second-order valence-corrected chi connectivity index (χ2v) is 9.54. The minimum absolute atomic E-state index is 0.0121. The molecule has 0 fully saturated rings. The molecule has 12 heteroatoms. The number of hydrogen-bond acceptors (Lipinski definition) is 10. The van der Waals surface area contributed by atoms with E-state index in [0.29, 0.717) is 0 Å². The number of thiophene rings is 1. The van der Waals surface area contributed by atoms with Crippen LogP contribution in [0.3, 0.4) is 0 Å². The first-order valence-corrected chi connectivity index (χ1v) is 12.1. The first-order chi connectivity index (χ1) is 15.0. The zero-order chi connectivity index (χ0) is 21.8. The highest BCUT2D eigenvalue weighted by Gasteiger charge is 2.17. The average molecular weight is 476 g/mol. The Bertz CT molecular complexity index is 1250. The maximum atomic E-state index is 12.7. The van der Waals surface area contributed by atoms with Crippen LogP contribution in [0.2, 0.25) is 0 Å². The molecule has 0 unspecified atom stereocenters. The molecular weight excluding hydrogens is 458 g/mol. The van der Waals surface area contributed by atoms with Crippen LogP contribution in [-0.4, -0.2) is 37.6 Å². The van der Waals surface area contributed by atoms with E-state index in [1.54, 1.807) is 23.5 Å². The SMILES string of the molecule is COc1cc(NS(=O)(=O)c2ccc(Nc3nc(-c4cccs4)cs3)cc2)nc(OC)n1. The van der Waals surface area contributed by atoms with E-state index in [2.05, 4.69) is 25.0 Å². The van der Waals surface area contributed by atoms with Gasteiger partial charge in [0, 0.05) is 17.1 Å². The maximum Gasteiger partial charge on any atom is 0.321 e. The van der Waals surface area contributed by atoms with Gasteiger partial charge >= 0.3 is 6.01 Å². The third-order valence-corrected chi connectivity index (χ3v) is 7.03. The highest BCUT2D eigenvalue weighted by atomic mass is 32.2. The lowest BCUT2D eigenvalue weighted by molar-refractivity contribution is 0.353. The molecule has 0 saturated heterocycles. The third kappa shape index (κ3) is 4.93. The molecule has 0 aliphatic carbocycles. The van der Waals surface area contributed by atoms with Crippen molar-refractivity contribution in [2.45, 2.75) is 4.90 Å². The Morgan fingerprint density at radius 1 is 0.968 bits per heavy atom. The van der Waals surface area contributed by atoms with Crippen LogP contribution in [0.4, 0.5) is 16.6 Å². The van der Waals surface area contributed by atoms with Crippen LogP contribution in [0.5, 0.6) is 11.9 Å². The average Bonchev–Trinajstić information content (AvgIpc) is 3.45. The molecule has 0 saturated carbocycles. The van der Waals surface area contributed by atoms with E-state index in [9.17, 15) is 8.42 Å². The molecule has 1 aromatic carbocycles. The molecular formula is C19H17N5O4S3. The fraction of sp³-hybridized carbons (Fsp3) is 0.105. The van der Waals surface area contributed by atoms with Crippen molar-refractivity contribution in [1.82, 2.24) is 15.0 Å². The molecule has 0 aliphatic heterocycles. The quantitative estimate of drug-likeness (QED) is 0.389. The summed E-state index contributed by atoms with van der Waals surface area (Å²) in [6.07, 6.45) is 0. The second-order valence-electron chi connectivity index (χ2n) is 6.05. The maximum absolute atomic E-state index is 12.7. The number of anilines is 3. The predicted molar refractivity (Wildman–Crippen MR) is 121 cm³/mol. The number of hydrogen-bond donors (Lipinski definition) is 2. The summed E-state index contributed by atoms with van der Waals surface area (Å²) in [5.41, 5.74) is 1.62. The van der Waals surface area contributed by atoms with Crippen molar-refractivity contribution in [3.8, 4) is 22.5 Å². The molecule has 0 aliphatic rings. The molecule has 3 heterocycles. The molecule has 2 N–H and O–H groups in total. The summed E-state index contributed by atoms with van der Waals surface area (Å²) in [4.78, 5) is 13.7. The Labute approximate surface area is 186 Å². The summed E-state index contributed by atoms with van der Waals surface area (Å²) >= 11 is 3.10. The first kappa shape index (κ1) is 21.0. The highest BCUT2D eigenvalue weighted by Crippen LogP contribution is 2.30. The van der Waals surface area contributed by atoms with E-state index < -0.39 is 10.0 Å². The molecule has 0 bridgehead atoms. The van der Waals surface area contributed by atoms with Crippen molar-refractivity contribution in [2.24, 2.45) is 0 Å². The van der Waals surface area contributed by atoms with Crippen molar-refractivity contribution in [3.05, 3.63) is 53.2 Å². The van der Waals surface area contributed by atoms with Gasteiger partial charge in [0.05, 0.1) is 29.7 Å². The largest absolute Gasteiger partial charge is 0.481 e. The Morgan fingerprint density at radius 3 is 2.45 bits per heavy atom. The van der Waals surface area contributed by atoms with Crippen molar-refractivity contribution in [1.29, 1.82) is 0 Å². The van der Waals surface area contributed by atoms with Crippen LogP contribution in [0.15, 0.2) is 58.1 Å². The molecule has 0 radical (unpaired) electrons. The molecule has 160 valence electrons. The van der Waals surface area contributed by atoms with Crippen molar-refractivity contribution in [3.63, 3.8) is 0 Å². The van der Waals surface area contributed by atoms with Crippen LogP contribution in [0.25, 0.3) is 10.6 Å². The molecule has 4 rings (SSSR count). The summed E-state index contributed by atoms with van der Waals surface area (Å²) in [6.45, 7) is 0. The van der Waals surface area contributed by atoms with E-state index in [1.807, 2.05) is 22.9 Å². The Kier molecular flexibility index (Phi) is 6.02. The number of benzene rings is 1. The predicted octanol–water partition coefficient (Wildman–Crippen LogP) is 4.22. The zero-order valence-corrected chi connectivity index (χ0v) is 18.8. The second kappa shape index (κ2) is 8.88. The van der Waals surface area contributed by atoms with E-state index in [1.165, 1.54) is 43.8 Å². The Balaban J connectivity index is 1.48. The lowest BCUT2D eigenvalue weighted by Gasteiger charge is -2.10. The number of ether oxygens (including phenoxy) is 2. The molecule has 0 amide bonds. The number of thiazole rings is 1. The van der Waals surface area contributed by atoms with Crippen LogP contribution < -0.4 is 19.5 Å². The number of methoxy groups -OCH3 is 2. The van der Waals surface area contributed by atoms with Crippen molar-refractivity contribution < 1.29 is 17.9 Å². The lowest BCUT2D eigenvalue weighted by atomic mass is 10.3. The van der Waals surface area contributed by atoms with Gasteiger partial charge in [0.1, 0.15) is 0 Å². The number of rotatable bonds is 8. The zero-order valence-electron chi connectivity index (χ0n) is 16.4. The van der Waals surface area contributed by atoms with Gasteiger partial charge in [0.15, 0.2) is 10.9 Å². The summed E-state index contributed by atoms with van der Waals surface area (Å²) in [7, 11) is -1.08. The molecule has 31 heavy (non-hydrogen) atoms. The minimum Gasteiger partial charge on any atom is -0.481 e. The van der Waals surface area contributed by atoms with Crippen LogP contribution >= 0.6 is 22.7 Å². The standard InChI is InChI=1S/C19H17N5O4S3/c1-27-17-10-16(22-18(23-17)28-2)24-31(25,26)13-7-5-12(6-8-13)20-19-21-14(11-30-19)15-4-3-9-29-15/h3-11H,1-2H3,(H,20,21)(H,22,23,24). The topological polar surface area (TPSA) is 115 Å². The minimum atomic E-state index is -3.87. The molecule has 3 aromatic heterocycles. The van der Waals surface area contributed by atoms with E-state index >= 15 is 0 Å². The molecule has 9 nitrogen and oxygen atoms in total. The van der Waals surface area contributed by atoms with Gasteiger partial charge in [-0.2, -0.15) is 9.97 Å². The van der Waals surface area contributed by atoms with Gasteiger partial charge in [0.25, 0.3) is 10.0 Å². The van der Waals surface area contributed by atoms with Gasteiger partial charge in [-0.25, -0.2) is 13.4 Å². The molecule has 4 aromatic rings. The summed E-state index contributed by atoms with van der Waals surface area (Å²) in [6, 6.07) is 11.7. The number of aromatic nitrogens is 3. The lowest BCUT2D eigenvalue weighted by Crippen LogP contribution is -2.14. The van der Waals surface area contributed by atoms with Crippen molar-refractivity contribution in [2.75, 3.05) is 24.3 Å². The summed E-state index contributed by atoms with van der Waals surface area (Å²) < 4.78 is 37.9. The van der Waals surface area contributed by atoms with Crippen molar-refractivity contribution >= 4 is 49.3 Å². The normalized spacial score (nSPS) is 11.2. The van der Waals surface area contributed by atoms with Gasteiger partial charge in [0.2, 0.25) is 5.88 Å². The number of sulfonamides is 1. The summed E-state index contributed by atoms with van der Waals surface area (Å²) in [5, 5.41) is 7.88. The first-order valence-electron chi connectivity index (χ1n) is 8.83.